The van der Waals surface area contributed by atoms with Gasteiger partial charge in [-0.15, -0.1) is 28.1 Å². The van der Waals surface area contributed by atoms with Gasteiger partial charge in [0, 0.05) is 17.0 Å². The molecule has 0 aliphatic heterocycles. The van der Waals surface area contributed by atoms with Crippen LogP contribution in [0.5, 0.6) is 0 Å². The van der Waals surface area contributed by atoms with Crippen molar-refractivity contribution in [2.24, 2.45) is 0 Å². The number of thiophene rings is 1. The molecule has 3 aromatic rings. The van der Waals surface area contributed by atoms with Crippen LogP contribution in [0.4, 0.5) is 5.00 Å². The van der Waals surface area contributed by atoms with E-state index in [0.717, 1.165) is 10.4 Å². The van der Waals surface area contributed by atoms with Gasteiger partial charge in [0.15, 0.2) is 11.0 Å². The maximum atomic E-state index is 12.6. The number of ether oxygens (including phenoxy) is 1. The van der Waals surface area contributed by atoms with E-state index in [0.29, 0.717) is 38.1 Å². The van der Waals surface area contributed by atoms with Crippen molar-refractivity contribution in [3.8, 4) is 11.4 Å². The van der Waals surface area contributed by atoms with Crippen molar-refractivity contribution in [2.75, 3.05) is 17.7 Å². The summed E-state index contributed by atoms with van der Waals surface area (Å²) in [7, 11) is 0. The molecule has 0 aliphatic rings. The lowest BCUT2D eigenvalue weighted by Gasteiger charge is -2.09. The second kappa shape index (κ2) is 11.0. The number of esters is 1. The summed E-state index contributed by atoms with van der Waals surface area (Å²) < 4.78 is 6.90. The van der Waals surface area contributed by atoms with E-state index < -0.39 is 5.97 Å². The zero-order valence-electron chi connectivity index (χ0n) is 17.4. The van der Waals surface area contributed by atoms with Crippen molar-refractivity contribution >= 4 is 63.2 Å². The van der Waals surface area contributed by atoms with Crippen LogP contribution in [0.2, 0.25) is 10.0 Å². The maximum absolute atomic E-state index is 12.6. The second-order valence-corrected chi connectivity index (χ2v) is 9.50. The van der Waals surface area contributed by atoms with E-state index in [2.05, 4.69) is 22.1 Å². The molecule has 2 heterocycles. The second-order valence-electron chi connectivity index (χ2n) is 6.49. The molecule has 0 atom stereocenters. The van der Waals surface area contributed by atoms with Crippen molar-refractivity contribution < 1.29 is 14.3 Å². The molecule has 1 amide bonds. The molecule has 0 saturated heterocycles. The predicted octanol–water partition coefficient (Wildman–Crippen LogP) is 5.72. The number of hydrogen-bond donors (Lipinski definition) is 1. The Labute approximate surface area is 203 Å². The molecular formula is C21H20Cl2N4O3S2. The molecule has 168 valence electrons. The topological polar surface area (TPSA) is 86.1 Å². The lowest BCUT2D eigenvalue weighted by atomic mass is 10.2. The molecule has 1 aromatic carbocycles. The quantitative estimate of drug-likeness (QED) is 0.225. The Morgan fingerprint density at radius 3 is 2.75 bits per heavy atom. The molecule has 0 aliphatic carbocycles. The Morgan fingerprint density at radius 2 is 2.06 bits per heavy atom. The minimum absolute atomic E-state index is 0.0792. The number of benzene rings is 1. The number of amides is 1. The van der Waals surface area contributed by atoms with E-state index in [4.69, 9.17) is 27.9 Å². The summed E-state index contributed by atoms with van der Waals surface area (Å²) in [4.78, 5) is 25.6. The van der Waals surface area contributed by atoms with Gasteiger partial charge in [-0.1, -0.05) is 41.0 Å². The van der Waals surface area contributed by atoms with Gasteiger partial charge in [0.2, 0.25) is 5.91 Å². The monoisotopic (exact) mass is 510 g/mol. The average molecular weight is 511 g/mol. The first-order valence-electron chi connectivity index (χ1n) is 9.53. The van der Waals surface area contributed by atoms with E-state index in [1.165, 1.54) is 23.1 Å². The molecule has 32 heavy (non-hydrogen) atoms. The van der Waals surface area contributed by atoms with Crippen molar-refractivity contribution in [1.29, 1.82) is 0 Å². The van der Waals surface area contributed by atoms with Crippen LogP contribution in [0, 0.1) is 6.92 Å². The van der Waals surface area contributed by atoms with Gasteiger partial charge < -0.3 is 10.1 Å². The molecule has 1 N–H and O–H groups in total. The number of carbonyl (C=O) groups excluding carboxylic acids is 2. The zero-order valence-corrected chi connectivity index (χ0v) is 20.5. The van der Waals surface area contributed by atoms with Crippen LogP contribution < -0.4 is 5.32 Å². The number of aryl methyl sites for hydroxylation is 1. The van der Waals surface area contributed by atoms with Gasteiger partial charge in [0.1, 0.15) is 5.00 Å². The highest BCUT2D eigenvalue weighted by atomic mass is 35.5. The van der Waals surface area contributed by atoms with E-state index in [-0.39, 0.29) is 18.3 Å². The summed E-state index contributed by atoms with van der Waals surface area (Å²) in [5.41, 5.74) is 1.10. The largest absolute Gasteiger partial charge is 0.462 e. The molecular weight excluding hydrogens is 491 g/mol. The number of carbonyl (C=O) groups is 2. The van der Waals surface area contributed by atoms with Gasteiger partial charge >= 0.3 is 5.97 Å². The van der Waals surface area contributed by atoms with Crippen molar-refractivity contribution in [2.45, 2.75) is 25.5 Å². The van der Waals surface area contributed by atoms with E-state index >= 15 is 0 Å². The number of nitrogens with zero attached hydrogens (tertiary/aromatic N) is 3. The molecule has 0 spiro atoms. The Kier molecular flexibility index (Phi) is 8.36. The Morgan fingerprint density at radius 1 is 1.28 bits per heavy atom. The fourth-order valence-corrected chi connectivity index (χ4v) is 4.76. The number of aromatic nitrogens is 3. The van der Waals surface area contributed by atoms with Crippen molar-refractivity contribution in [3.05, 3.63) is 57.4 Å². The third-order valence-corrected chi connectivity index (χ3v) is 6.81. The number of rotatable bonds is 9. The van der Waals surface area contributed by atoms with E-state index in [9.17, 15) is 9.59 Å². The first-order valence-corrected chi connectivity index (χ1v) is 12.1. The highest BCUT2D eigenvalue weighted by Gasteiger charge is 2.19. The zero-order chi connectivity index (χ0) is 23.3. The van der Waals surface area contributed by atoms with Gasteiger partial charge in [-0.3, -0.25) is 9.36 Å². The minimum Gasteiger partial charge on any atom is -0.462 e. The van der Waals surface area contributed by atoms with Crippen LogP contribution in [0.15, 0.2) is 42.1 Å². The van der Waals surface area contributed by atoms with Crippen LogP contribution in [0.1, 0.15) is 22.2 Å². The lowest BCUT2D eigenvalue weighted by Crippen LogP contribution is -2.16. The molecule has 2 aromatic heterocycles. The standard InChI is InChI=1S/C21H20Cl2N4O3S2/c1-4-8-27-18(13-6-7-15(22)16(23)10-13)25-26-21(27)31-11-17(28)24-19-14(9-12(3)32-19)20(29)30-5-2/h4,6-7,9-10H,1,5,8,11H2,2-3H3,(H,24,28). The summed E-state index contributed by atoms with van der Waals surface area (Å²) in [6, 6.07) is 6.91. The molecule has 0 unspecified atom stereocenters. The Hall–Kier alpha value is -2.33. The van der Waals surface area contributed by atoms with Crippen molar-refractivity contribution in [3.63, 3.8) is 0 Å². The molecule has 0 radical (unpaired) electrons. The van der Waals surface area contributed by atoms with Gasteiger partial charge in [-0.05, 0) is 38.1 Å². The third kappa shape index (κ3) is 5.72. The van der Waals surface area contributed by atoms with Gasteiger partial charge in [-0.25, -0.2) is 4.79 Å². The van der Waals surface area contributed by atoms with Crippen molar-refractivity contribution in [1.82, 2.24) is 14.8 Å². The van der Waals surface area contributed by atoms with Crippen LogP contribution in [-0.2, 0) is 16.1 Å². The molecule has 11 heteroatoms. The fourth-order valence-electron chi connectivity index (χ4n) is 2.80. The summed E-state index contributed by atoms with van der Waals surface area (Å²) >= 11 is 14.7. The van der Waals surface area contributed by atoms with Crippen LogP contribution in [-0.4, -0.2) is 39.0 Å². The fraction of sp³-hybridized carbons (Fsp3) is 0.238. The highest BCUT2D eigenvalue weighted by Crippen LogP contribution is 2.31. The molecule has 0 saturated carbocycles. The third-order valence-electron chi connectivity index (χ3n) is 4.14. The normalized spacial score (nSPS) is 10.8. The van der Waals surface area contributed by atoms with Crippen LogP contribution in [0.25, 0.3) is 11.4 Å². The van der Waals surface area contributed by atoms with E-state index in [1.807, 2.05) is 11.5 Å². The number of thioether (sulfide) groups is 1. The lowest BCUT2D eigenvalue weighted by molar-refractivity contribution is -0.113. The van der Waals surface area contributed by atoms with Crippen LogP contribution in [0.3, 0.4) is 0 Å². The molecule has 3 rings (SSSR count). The average Bonchev–Trinajstić information content (AvgIpc) is 3.32. The predicted molar refractivity (Wildman–Crippen MR) is 130 cm³/mol. The Balaban J connectivity index is 1.74. The SMILES string of the molecule is C=CCn1c(SCC(=O)Nc2sc(C)cc2C(=O)OCC)nnc1-c1ccc(Cl)c(Cl)c1. The van der Waals surface area contributed by atoms with E-state index in [1.54, 1.807) is 37.3 Å². The first kappa shape index (κ1) is 24.3. The van der Waals surface area contributed by atoms with Gasteiger partial charge in [0.05, 0.1) is 28.0 Å². The summed E-state index contributed by atoms with van der Waals surface area (Å²) in [5, 5.41) is 13.1. The highest BCUT2D eigenvalue weighted by molar-refractivity contribution is 7.99. The number of halogens is 2. The smallest absolute Gasteiger partial charge is 0.341 e. The number of anilines is 1. The molecule has 0 fully saturated rings. The van der Waals surface area contributed by atoms with Gasteiger partial charge in [-0.2, -0.15) is 0 Å². The number of allylic oxidation sites excluding steroid dienone is 1. The van der Waals surface area contributed by atoms with Crippen LogP contribution >= 0.6 is 46.3 Å². The summed E-state index contributed by atoms with van der Waals surface area (Å²) in [5.74, 6) is -0.0659. The number of nitrogens with one attached hydrogen (secondary N) is 1. The Bertz CT molecular complexity index is 1160. The summed E-state index contributed by atoms with van der Waals surface area (Å²) in [6.45, 7) is 8.09. The minimum atomic E-state index is -0.461. The molecule has 0 bridgehead atoms. The summed E-state index contributed by atoms with van der Waals surface area (Å²) in [6.07, 6.45) is 1.72. The maximum Gasteiger partial charge on any atom is 0.341 e. The molecule has 7 nitrogen and oxygen atoms in total. The number of hydrogen-bond acceptors (Lipinski definition) is 7. The van der Waals surface area contributed by atoms with Gasteiger partial charge in [0.25, 0.3) is 0 Å². The first-order chi connectivity index (χ1) is 15.3.